The van der Waals surface area contributed by atoms with E-state index in [1.54, 1.807) is 12.3 Å². The van der Waals surface area contributed by atoms with E-state index >= 15 is 0 Å². The first-order chi connectivity index (χ1) is 16.3. The second-order valence-corrected chi connectivity index (χ2v) is 7.36. The summed E-state index contributed by atoms with van der Waals surface area (Å²) < 4.78 is 7.71. The number of benzene rings is 3. The maximum atomic E-state index is 12.6. The molecule has 0 spiro atoms. The molecule has 33 heavy (non-hydrogen) atoms. The zero-order valence-corrected chi connectivity index (χ0v) is 17.7. The molecular formula is C26H21N5O2. The van der Waals surface area contributed by atoms with E-state index in [4.69, 9.17) is 4.74 Å². The lowest BCUT2D eigenvalue weighted by Gasteiger charge is -2.09. The van der Waals surface area contributed by atoms with Gasteiger partial charge in [0.2, 0.25) is 0 Å². The molecule has 2 N–H and O–H groups in total. The molecule has 7 nitrogen and oxygen atoms in total. The lowest BCUT2D eigenvalue weighted by atomic mass is 10.1. The van der Waals surface area contributed by atoms with E-state index in [1.165, 1.54) is 0 Å². The first kappa shape index (κ1) is 20.3. The summed E-state index contributed by atoms with van der Waals surface area (Å²) in [4.78, 5) is 20.4. The van der Waals surface area contributed by atoms with Crippen molar-refractivity contribution >= 4 is 23.2 Å². The van der Waals surface area contributed by atoms with Crippen molar-refractivity contribution in [3.63, 3.8) is 0 Å². The Morgan fingerprint density at radius 2 is 1.73 bits per heavy atom. The van der Waals surface area contributed by atoms with E-state index in [0.29, 0.717) is 12.2 Å². The number of carbonyl (C=O) groups excluding carboxylic acids is 1. The van der Waals surface area contributed by atoms with Crippen LogP contribution in [0.5, 0.6) is 5.75 Å². The fourth-order valence-electron chi connectivity index (χ4n) is 3.49. The van der Waals surface area contributed by atoms with Crippen molar-refractivity contribution in [1.82, 2.24) is 20.0 Å². The highest BCUT2D eigenvalue weighted by molar-refractivity contribution is 5.98. The summed E-state index contributed by atoms with van der Waals surface area (Å²) >= 11 is 0. The summed E-state index contributed by atoms with van der Waals surface area (Å²) in [6.07, 6.45) is 5.39. The zero-order chi connectivity index (χ0) is 22.5. The van der Waals surface area contributed by atoms with E-state index in [1.807, 2.05) is 95.8 Å². The van der Waals surface area contributed by atoms with Gasteiger partial charge in [-0.2, -0.15) is 5.10 Å². The molecule has 0 saturated heterocycles. The van der Waals surface area contributed by atoms with Crippen LogP contribution in [0.15, 0.2) is 102 Å². The van der Waals surface area contributed by atoms with Crippen molar-refractivity contribution in [3.05, 3.63) is 114 Å². The first-order valence-corrected chi connectivity index (χ1v) is 10.5. The predicted molar refractivity (Wildman–Crippen MR) is 128 cm³/mol. The summed E-state index contributed by atoms with van der Waals surface area (Å²) in [6.45, 7) is 0.346. The van der Waals surface area contributed by atoms with Crippen LogP contribution in [0, 0.1) is 0 Å². The van der Waals surface area contributed by atoms with Crippen LogP contribution in [0.1, 0.15) is 21.7 Å². The van der Waals surface area contributed by atoms with Gasteiger partial charge in [-0.3, -0.25) is 4.79 Å². The van der Waals surface area contributed by atoms with E-state index < -0.39 is 0 Å². The van der Waals surface area contributed by atoms with E-state index in [0.717, 1.165) is 33.9 Å². The van der Waals surface area contributed by atoms with Gasteiger partial charge in [0, 0.05) is 12.4 Å². The van der Waals surface area contributed by atoms with Gasteiger partial charge < -0.3 is 14.3 Å². The molecule has 0 fully saturated rings. The molecule has 162 valence electrons. The summed E-state index contributed by atoms with van der Waals surface area (Å²) in [7, 11) is 0. The number of para-hydroxylation sites is 3. The van der Waals surface area contributed by atoms with Gasteiger partial charge in [0.25, 0.3) is 5.91 Å². The van der Waals surface area contributed by atoms with Crippen molar-refractivity contribution in [2.75, 3.05) is 0 Å². The third-order valence-electron chi connectivity index (χ3n) is 5.11. The number of imidazole rings is 1. The number of rotatable bonds is 7. The van der Waals surface area contributed by atoms with Gasteiger partial charge in [0.1, 0.15) is 18.2 Å². The first-order valence-electron chi connectivity index (χ1n) is 10.5. The molecule has 7 heteroatoms. The minimum absolute atomic E-state index is 0.277. The van der Waals surface area contributed by atoms with Gasteiger partial charge in [-0.15, -0.1) is 0 Å². The Hall–Kier alpha value is -4.65. The average molecular weight is 435 g/mol. The predicted octanol–water partition coefficient (Wildman–Crippen LogP) is 4.70. The number of H-pyrrole nitrogens is 1. The van der Waals surface area contributed by atoms with E-state index in [-0.39, 0.29) is 5.91 Å². The van der Waals surface area contributed by atoms with Crippen molar-refractivity contribution < 1.29 is 9.53 Å². The van der Waals surface area contributed by atoms with Crippen LogP contribution in [-0.4, -0.2) is 26.7 Å². The number of aromatic amines is 1. The minimum atomic E-state index is -0.277. The quantitative estimate of drug-likeness (QED) is 0.287. The molecule has 0 atom stereocenters. The van der Waals surface area contributed by atoms with Gasteiger partial charge >= 0.3 is 0 Å². The van der Waals surface area contributed by atoms with Crippen LogP contribution >= 0.6 is 0 Å². The van der Waals surface area contributed by atoms with Crippen molar-refractivity contribution in [2.45, 2.75) is 6.61 Å². The Balaban J connectivity index is 1.18. The van der Waals surface area contributed by atoms with Crippen LogP contribution in [0.4, 0.5) is 0 Å². The number of ether oxygens (including phenoxy) is 1. The number of nitrogens with zero attached hydrogens (tertiary/aromatic N) is 3. The number of nitrogens with one attached hydrogen (secondary N) is 2. The molecule has 0 unspecified atom stereocenters. The van der Waals surface area contributed by atoms with Crippen LogP contribution < -0.4 is 10.2 Å². The summed E-state index contributed by atoms with van der Waals surface area (Å²) in [5, 5.41) is 4.10. The van der Waals surface area contributed by atoms with Gasteiger partial charge in [-0.05, 0) is 66.2 Å². The minimum Gasteiger partial charge on any atom is -0.486 e. The molecule has 2 aromatic heterocycles. The molecule has 0 bridgehead atoms. The van der Waals surface area contributed by atoms with Crippen molar-refractivity contribution in [1.29, 1.82) is 0 Å². The highest BCUT2D eigenvalue weighted by atomic mass is 16.5. The lowest BCUT2D eigenvalue weighted by Crippen LogP contribution is -2.19. The molecule has 0 aliphatic heterocycles. The highest BCUT2D eigenvalue weighted by Gasteiger charge is 2.11. The average Bonchev–Trinajstić information content (AvgIpc) is 3.53. The van der Waals surface area contributed by atoms with Gasteiger partial charge in [0.15, 0.2) is 0 Å². The Morgan fingerprint density at radius 3 is 2.55 bits per heavy atom. The highest BCUT2D eigenvalue weighted by Crippen LogP contribution is 2.16. The Morgan fingerprint density at radius 1 is 0.970 bits per heavy atom. The molecule has 0 radical (unpaired) electrons. The maximum Gasteiger partial charge on any atom is 0.273 e. The lowest BCUT2D eigenvalue weighted by molar-refractivity contribution is 0.0955. The van der Waals surface area contributed by atoms with Crippen molar-refractivity contribution in [3.8, 4) is 11.4 Å². The SMILES string of the molecule is O=C(N/N=C\c1ccc(OCc2nc3ccccc3[nH]2)cc1)c1ccccc1-n1cccc1. The fraction of sp³-hybridized carbons (Fsp3) is 0.0385. The Kier molecular flexibility index (Phi) is 5.67. The number of aromatic nitrogens is 3. The van der Waals surface area contributed by atoms with Crippen LogP contribution in [0.2, 0.25) is 0 Å². The summed E-state index contributed by atoms with van der Waals surface area (Å²) in [5.74, 6) is 1.21. The molecule has 2 heterocycles. The standard InChI is InChI=1S/C26H21N5O2/c32-26(21-7-1-4-10-24(21)31-15-5-6-16-31)30-27-17-19-11-13-20(14-12-19)33-18-25-28-22-8-2-3-9-23(22)29-25/h1-17H,18H2,(H,28,29)(H,30,32)/b27-17-. The molecule has 5 rings (SSSR count). The third kappa shape index (κ3) is 4.67. The van der Waals surface area contributed by atoms with Gasteiger partial charge in [0.05, 0.1) is 28.5 Å². The monoisotopic (exact) mass is 435 g/mol. The number of hydrogen-bond acceptors (Lipinski definition) is 4. The maximum absolute atomic E-state index is 12.6. The number of hydrazone groups is 1. The van der Waals surface area contributed by atoms with Crippen molar-refractivity contribution in [2.24, 2.45) is 5.10 Å². The normalized spacial score (nSPS) is 11.2. The Labute approximate surface area is 190 Å². The summed E-state index contributed by atoms with van der Waals surface area (Å²) in [5.41, 5.74) is 6.67. The second kappa shape index (κ2) is 9.23. The molecule has 0 aliphatic rings. The molecule has 3 aromatic carbocycles. The fourth-order valence-corrected chi connectivity index (χ4v) is 3.49. The van der Waals surface area contributed by atoms with Crippen LogP contribution in [0.25, 0.3) is 16.7 Å². The smallest absolute Gasteiger partial charge is 0.273 e. The van der Waals surface area contributed by atoms with E-state index in [9.17, 15) is 4.79 Å². The topological polar surface area (TPSA) is 84.3 Å². The number of carbonyl (C=O) groups is 1. The zero-order valence-electron chi connectivity index (χ0n) is 17.7. The third-order valence-corrected chi connectivity index (χ3v) is 5.11. The van der Waals surface area contributed by atoms with Crippen LogP contribution in [-0.2, 0) is 6.61 Å². The second-order valence-electron chi connectivity index (χ2n) is 7.36. The number of fused-ring (bicyclic) bond motifs is 1. The largest absolute Gasteiger partial charge is 0.486 e. The Bertz CT molecular complexity index is 1370. The molecule has 5 aromatic rings. The van der Waals surface area contributed by atoms with E-state index in [2.05, 4.69) is 20.5 Å². The van der Waals surface area contributed by atoms with Gasteiger partial charge in [-0.25, -0.2) is 10.4 Å². The molecule has 1 amide bonds. The number of amides is 1. The van der Waals surface area contributed by atoms with Gasteiger partial charge in [-0.1, -0.05) is 24.3 Å². The number of hydrogen-bond donors (Lipinski definition) is 2. The van der Waals surface area contributed by atoms with Crippen LogP contribution in [0.3, 0.4) is 0 Å². The molecular weight excluding hydrogens is 414 g/mol. The summed E-state index contributed by atoms with van der Waals surface area (Å²) in [6, 6.07) is 26.5. The molecule has 0 aliphatic carbocycles. The molecule has 0 saturated carbocycles.